The fraction of sp³-hybridized carbons (Fsp3) is 0.583. The van der Waals surface area contributed by atoms with Gasteiger partial charge in [0.05, 0.1) is 11.9 Å². The van der Waals surface area contributed by atoms with Crippen LogP contribution >= 0.6 is 11.6 Å². The van der Waals surface area contributed by atoms with E-state index in [-0.39, 0.29) is 24.2 Å². The van der Waals surface area contributed by atoms with Crippen molar-refractivity contribution in [2.75, 3.05) is 50.8 Å². The number of benzene rings is 1. The second kappa shape index (κ2) is 11.3. The number of sulfonamides is 1. The van der Waals surface area contributed by atoms with Gasteiger partial charge in [-0.15, -0.1) is 0 Å². The summed E-state index contributed by atoms with van der Waals surface area (Å²) in [6, 6.07) is 5.43. The van der Waals surface area contributed by atoms with Gasteiger partial charge in [0.15, 0.2) is 5.69 Å². The number of rotatable bonds is 5. The van der Waals surface area contributed by atoms with Crippen molar-refractivity contribution in [3.63, 3.8) is 0 Å². The molecule has 0 atom stereocenters. The van der Waals surface area contributed by atoms with Crippen LogP contribution in [0.3, 0.4) is 0 Å². The lowest BCUT2D eigenvalue weighted by atomic mass is 10.1. The number of carbonyl (C=O) groups excluding carboxylic acids is 1. The van der Waals surface area contributed by atoms with Crippen LogP contribution in [0.1, 0.15) is 47.6 Å². The zero-order chi connectivity index (χ0) is 25.9. The fourth-order valence-electron chi connectivity index (χ4n) is 4.33. The SMILES string of the molecule is Cc1onc(C(=O)N2CCN(C(C)C)CCCN(S(C)(=O)=O)c3cc(Cl)ccc3C2)c1CN(C)C. The Hall–Kier alpha value is -2.14. The van der Waals surface area contributed by atoms with Gasteiger partial charge in [-0.3, -0.25) is 14.0 Å². The zero-order valence-electron chi connectivity index (χ0n) is 21.4. The van der Waals surface area contributed by atoms with Crippen molar-refractivity contribution in [3.05, 3.63) is 45.8 Å². The predicted molar refractivity (Wildman–Crippen MR) is 138 cm³/mol. The van der Waals surface area contributed by atoms with Crippen molar-refractivity contribution >= 4 is 33.2 Å². The number of anilines is 1. The molecule has 0 aliphatic carbocycles. The molecule has 0 saturated carbocycles. The molecule has 1 aromatic carbocycles. The summed E-state index contributed by atoms with van der Waals surface area (Å²) in [6.07, 6.45) is 1.85. The van der Waals surface area contributed by atoms with Crippen LogP contribution in [-0.2, 0) is 23.1 Å². The molecular formula is C24H36ClN5O4S. The molecule has 3 rings (SSSR count). The third-order valence-corrected chi connectivity index (χ3v) is 7.64. The molecule has 11 heteroatoms. The van der Waals surface area contributed by atoms with Gasteiger partial charge in [0.1, 0.15) is 5.76 Å². The molecule has 1 aromatic heterocycles. The van der Waals surface area contributed by atoms with Crippen LogP contribution in [0.5, 0.6) is 0 Å². The number of nitrogens with zero attached hydrogens (tertiary/aromatic N) is 5. The van der Waals surface area contributed by atoms with Crippen molar-refractivity contribution in [1.29, 1.82) is 0 Å². The highest BCUT2D eigenvalue weighted by atomic mass is 35.5. The van der Waals surface area contributed by atoms with E-state index in [2.05, 4.69) is 23.9 Å². The molecule has 194 valence electrons. The highest BCUT2D eigenvalue weighted by Gasteiger charge is 2.29. The average molecular weight is 526 g/mol. The lowest BCUT2D eigenvalue weighted by Crippen LogP contribution is -2.41. The third kappa shape index (κ3) is 6.75. The van der Waals surface area contributed by atoms with Gasteiger partial charge in [0, 0.05) is 55.9 Å². The summed E-state index contributed by atoms with van der Waals surface area (Å²) in [5, 5.41) is 4.54. The Morgan fingerprint density at radius 1 is 1.20 bits per heavy atom. The van der Waals surface area contributed by atoms with Gasteiger partial charge in [-0.05, 0) is 59.0 Å². The van der Waals surface area contributed by atoms with E-state index < -0.39 is 10.0 Å². The van der Waals surface area contributed by atoms with Gasteiger partial charge >= 0.3 is 0 Å². The van der Waals surface area contributed by atoms with Crippen LogP contribution < -0.4 is 4.31 Å². The third-order valence-electron chi connectivity index (χ3n) is 6.22. The van der Waals surface area contributed by atoms with Crippen LogP contribution in [-0.4, -0.2) is 86.8 Å². The maximum Gasteiger partial charge on any atom is 0.276 e. The van der Waals surface area contributed by atoms with E-state index in [1.54, 1.807) is 30.0 Å². The molecule has 0 radical (unpaired) electrons. The summed E-state index contributed by atoms with van der Waals surface area (Å²) < 4.78 is 32.3. The number of carbonyl (C=O) groups is 1. The number of amides is 1. The van der Waals surface area contributed by atoms with Gasteiger partial charge in [0.2, 0.25) is 10.0 Å². The smallest absolute Gasteiger partial charge is 0.276 e. The van der Waals surface area contributed by atoms with Crippen molar-refractivity contribution in [3.8, 4) is 0 Å². The number of aromatic nitrogens is 1. The molecule has 2 heterocycles. The molecule has 9 nitrogen and oxygen atoms in total. The maximum absolute atomic E-state index is 13.8. The van der Waals surface area contributed by atoms with E-state index in [4.69, 9.17) is 16.1 Å². The molecule has 1 aliphatic rings. The molecule has 0 saturated heterocycles. The molecule has 0 unspecified atom stereocenters. The van der Waals surface area contributed by atoms with Gasteiger partial charge in [-0.2, -0.15) is 0 Å². The van der Waals surface area contributed by atoms with Gasteiger partial charge in [-0.1, -0.05) is 22.8 Å². The molecule has 0 fully saturated rings. The molecule has 2 aromatic rings. The minimum atomic E-state index is -3.56. The fourth-order valence-corrected chi connectivity index (χ4v) is 5.49. The first-order chi connectivity index (χ1) is 16.4. The Labute approximate surface area is 213 Å². The Morgan fingerprint density at radius 2 is 1.91 bits per heavy atom. The van der Waals surface area contributed by atoms with Crippen molar-refractivity contribution in [2.45, 2.75) is 46.3 Å². The summed E-state index contributed by atoms with van der Waals surface area (Å²) >= 11 is 6.29. The molecule has 0 bridgehead atoms. The first kappa shape index (κ1) is 27.4. The molecule has 0 N–H and O–H groups in total. The first-order valence-corrected chi connectivity index (χ1v) is 14.0. The maximum atomic E-state index is 13.8. The molecular weight excluding hydrogens is 490 g/mol. The minimum absolute atomic E-state index is 0.219. The molecule has 0 spiro atoms. The van der Waals surface area contributed by atoms with Crippen LogP contribution in [0.2, 0.25) is 5.02 Å². The van der Waals surface area contributed by atoms with Crippen LogP contribution in [0, 0.1) is 6.92 Å². The summed E-state index contributed by atoms with van der Waals surface area (Å²) in [6.45, 7) is 8.91. The Kier molecular flexibility index (Phi) is 8.85. The van der Waals surface area contributed by atoms with Crippen LogP contribution in [0.4, 0.5) is 5.69 Å². The zero-order valence-corrected chi connectivity index (χ0v) is 23.0. The van der Waals surface area contributed by atoms with Crippen LogP contribution in [0.25, 0.3) is 0 Å². The van der Waals surface area contributed by atoms with Gasteiger partial charge in [0.25, 0.3) is 5.91 Å². The van der Waals surface area contributed by atoms with Crippen molar-refractivity contribution in [2.24, 2.45) is 0 Å². The monoisotopic (exact) mass is 525 g/mol. The lowest BCUT2D eigenvalue weighted by Gasteiger charge is -2.30. The summed E-state index contributed by atoms with van der Waals surface area (Å²) in [5.41, 5.74) is 2.25. The second-order valence-electron chi connectivity index (χ2n) is 9.62. The largest absolute Gasteiger partial charge is 0.361 e. The van der Waals surface area contributed by atoms with Crippen molar-refractivity contribution in [1.82, 2.24) is 19.9 Å². The number of fused-ring (bicyclic) bond motifs is 1. The van der Waals surface area contributed by atoms with E-state index in [1.165, 1.54) is 10.6 Å². The van der Waals surface area contributed by atoms with Gasteiger partial charge in [-0.25, -0.2) is 8.42 Å². The standard InChI is InChI=1S/C24H36ClN5O4S/c1-17(2)28-10-7-11-30(35(6,32)33)22-14-20(25)9-8-19(22)15-29(13-12-28)24(31)23-21(16-27(4)5)18(3)34-26-23/h8-9,14,17H,7,10-13,15-16H2,1-6H3. The highest BCUT2D eigenvalue weighted by Crippen LogP contribution is 2.30. The van der Waals surface area contributed by atoms with E-state index in [0.29, 0.717) is 61.2 Å². The Morgan fingerprint density at radius 3 is 2.54 bits per heavy atom. The van der Waals surface area contributed by atoms with Gasteiger partial charge < -0.3 is 14.3 Å². The quantitative estimate of drug-likeness (QED) is 0.592. The number of halogens is 1. The summed E-state index contributed by atoms with van der Waals surface area (Å²) in [7, 11) is 0.289. The molecule has 35 heavy (non-hydrogen) atoms. The van der Waals surface area contributed by atoms with E-state index in [0.717, 1.165) is 5.56 Å². The van der Waals surface area contributed by atoms with Crippen LogP contribution in [0.15, 0.2) is 22.7 Å². The van der Waals surface area contributed by atoms with Crippen molar-refractivity contribution < 1.29 is 17.7 Å². The van der Waals surface area contributed by atoms with E-state index in [1.807, 2.05) is 19.0 Å². The minimum Gasteiger partial charge on any atom is -0.361 e. The summed E-state index contributed by atoms with van der Waals surface area (Å²) in [5.74, 6) is 0.368. The summed E-state index contributed by atoms with van der Waals surface area (Å²) in [4.78, 5) is 19.8. The molecule has 1 amide bonds. The Bertz CT molecular complexity index is 1150. The number of aryl methyl sites for hydroxylation is 1. The highest BCUT2D eigenvalue weighted by molar-refractivity contribution is 7.92. The predicted octanol–water partition coefficient (Wildman–Crippen LogP) is 3.22. The first-order valence-electron chi connectivity index (χ1n) is 11.8. The topological polar surface area (TPSA) is 90.2 Å². The molecule has 1 aliphatic heterocycles. The Balaban J connectivity index is 2.08. The second-order valence-corrected chi connectivity index (χ2v) is 12.0. The average Bonchev–Trinajstić information content (AvgIpc) is 3.09. The van der Waals surface area contributed by atoms with E-state index >= 15 is 0 Å². The lowest BCUT2D eigenvalue weighted by molar-refractivity contribution is 0.0700. The number of hydrogen-bond acceptors (Lipinski definition) is 7. The van der Waals surface area contributed by atoms with E-state index in [9.17, 15) is 13.2 Å². The number of hydrogen-bond donors (Lipinski definition) is 0. The normalized spacial score (nSPS) is 16.5.